The van der Waals surface area contributed by atoms with Gasteiger partial charge in [0, 0.05) is 18.1 Å². The summed E-state index contributed by atoms with van der Waals surface area (Å²) in [6.45, 7) is 4.80. The summed E-state index contributed by atoms with van der Waals surface area (Å²) in [7, 11) is 0. The molecule has 6 heteroatoms. The van der Waals surface area contributed by atoms with Gasteiger partial charge < -0.3 is 14.5 Å². The van der Waals surface area contributed by atoms with Crippen molar-refractivity contribution in [3.63, 3.8) is 0 Å². The van der Waals surface area contributed by atoms with Gasteiger partial charge in [-0.05, 0) is 56.5 Å². The Morgan fingerprint density at radius 1 is 1.14 bits per heavy atom. The normalized spacial score (nSPS) is 17.7. The molecular formula is C23H25ClN2O3. The second-order valence-electron chi connectivity index (χ2n) is 7.72. The van der Waals surface area contributed by atoms with Crippen LogP contribution >= 0.6 is 11.6 Å². The summed E-state index contributed by atoms with van der Waals surface area (Å²) in [5.41, 5.74) is 2.43. The molecule has 0 saturated carbocycles. The molecular weight excluding hydrogens is 388 g/mol. The van der Waals surface area contributed by atoms with Gasteiger partial charge in [-0.3, -0.25) is 9.59 Å². The molecule has 0 bridgehead atoms. The number of rotatable bonds is 5. The average molecular weight is 413 g/mol. The zero-order valence-electron chi connectivity index (χ0n) is 16.6. The first-order chi connectivity index (χ1) is 14.0. The van der Waals surface area contributed by atoms with Crippen molar-refractivity contribution in [1.82, 2.24) is 4.90 Å². The Morgan fingerprint density at radius 3 is 2.55 bits per heavy atom. The van der Waals surface area contributed by atoms with E-state index in [0.717, 1.165) is 32.5 Å². The van der Waals surface area contributed by atoms with Crippen molar-refractivity contribution in [2.24, 2.45) is 0 Å². The molecule has 0 radical (unpaired) electrons. The molecule has 0 spiro atoms. The Bertz CT molecular complexity index is 908. The quantitative estimate of drug-likeness (QED) is 0.692. The number of carbonyl (C=O) groups excluding carboxylic acids is 2. The van der Waals surface area contributed by atoms with Gasteiger partial charge in [-0.1, -0.05) is 41.9 Å². The van der Waals surface area contributed by atoms with Gasteiger partial charge in [0.05, 0.1) is 11.3 Å². The van der Waals surface area contributed by atoms with Crippen LogP contribution in [-0.4, -0.2) is 49.4 Å². The summed E-state index contributed by atoms with van der Waals surface area (Å²) in [6.07, 6.45) is 2.25. The van der Waals surface area contributed by atoms with Crippen molar-refractivity contribution in [2.45, 2.75) is 25.7 Å². The van der Waals surface area contributed by atoms with Gasteiger partial charge in [0.25, 0.3) is 5.91 Å². The van der Waals surface area contributed by atoms with E-state index in [1.807, 2.05) is 0 Å². The number of benzene rings is 2. The van der Waals surface area contributed by atoms with Crippen LogP contribution in [0.4, 0.5) is 5.69 Å². The number of carbonyl (C=O) groups is 2. The number of halogens is 1. The molecule has 0 atom stereocenters. The van der Waals surface area contributed by atoms with Crippen LogP contribution in [0.5, 0.6) is 5.75 Å². The van der Waals surface area contributed by atoms with Crippen LogP contribution in [0.1, 0.15) is 41.6 Å². The van der Waals surface area contributed by atoms with Gasteiger partial charge in [0.15, 0.2) is 18.1 Å². The molecule has 2 aromatic carbocycles. The predicted molar refractivity (Wildman–Crippen MR) is 114 cm³/mol. The minimum Gasteiger partial charge on any atom is -0.481 e. The molecule has 2 aromatic rings. The second kappa shape index (κ2) is 8.56. The number of Topliss-reactive ketones (excluding diaryl/α,β-unsaturated/α-hetero) is 1. The summed E-state index contributed by atoms with van der Waals surface area (Å²) >= 11 is 6.21. The maximum absolute atomic E-state index is 12.5. The number of ketones is 1. The fourth-order valence-electron chi connectivity index (χ4n) is 4.24. The molecule has 2 heterocycles. The molecule has 0 aromatic heterocycles. The summed E-state index contributed by atoms with van der Waals surface area (Å²) in [5, 5.41) is 0.431. The van der Waals surface area contributed by atoms with Gasteiger partial charge in [0.2, 0.25) is 0 Å². The van der Waals surface area contributed by atoms with Crippen LogP contribution in [0.3, 0.4) is 0 Å². The summed E-state index contributed by atoms with van der Waals surface area (Å²) in [5.74, 6) is 0.842. The lowest BCUT2D eigenvalue weighted by Gasteiger charge is -2.35. The van der Waals surface area contributed by atoms with Crippen molar-refractivity contribution < 1.29 is 14.3 Å². The third-order valence-electron chi connectivity index (χ3n) is 5.84. The van der Waals surface area contributed by atoms with E-state index in [2.05, 4.69) is 35.2 Å². The van der Waals surface area contributed by atoms with Crippen molar-refractivity contribution in [2.75, 3.05) is 37.7 Å². The minimum atomic E-state index is -0.124. The Labute approximate surface area is 176 Å². The molecule has 2 aliphatic rings. The lowest BCUT2D eigenvalue weighted by molar-refractivity contribution is -0.121. The zero-order valence-corrected chi connectivity index (χ0v) is 17.3. The van der Waals surface area contributed by atoms with Crippen LogP contribution in [0.2, 0.25) is 5.02 Å². The van der Waals surface area contributed by atoms with Gasteiger partial charge in [-0.2, -0.15) is 0 Å². The Kier molecular flexibility index (Phi) is 5.88. The van der Waals surface area contributed by atoms with E-state index in [1.54, 1.807) is 17.0 Å². The third kappa shape index (κ3) is 4.31. The van der Waals surface area contributed by atoms with E-state index < -0.39 is 0 Å². The predicted octanol–water partition coefficient (Wildman–Crippen LogP) is 4.15. The van der Waals surface area contributed by atoms with Crippen LogP contribution < -0.4 is 9.64 Å². The Morgan fingerprint density at radius 2 is 1.86 bits per heavy atom. The maximum Gasteiger partial charge on any atom is 0.265 e. The van der Waals surface area contributed by atoms with Gasteiger partial charge in [-0.15, -0.1) is 0 Å². The molecule has 152 valence electrons. The number of likely N-dealkylation sites (tertiary alicyclic amines) is 1. The van der Waals surface area contributed by atoms with E-state index in [1.165, 1.54) is 12.5 Å². The maximum atomic E-state index is 12.5. The van der Waals surface area contributed by atoms with Crippen LogP contribution in [0, 0.1) is 0 Å². The number of amides is 1. The molecule has 29 heavy (non-hydrogen) atoms. The van der Waals surface area contributed by atoms with E-state index in [0.29, 0.717) is 34.5 Å². The number of hydrogen-bond acceptors (Lipinski definition) is 4. The molecule has 4 rings (SSSR count). The van der Waals surface area contributed by atoms with Gasteiger partial charge in [-0.25, -0.2) is 0 Å². The van der Waals surface area contributed by atoms with Gasteiger partial charge in [0.1, 0.15) is 0 Å². The van der Waals surface area contributed by atoms with Crippen molar-refractivity contribution >= 4 is 29.0 Å². The summed E-state index contributed by atoms with van der Waals surface area (Å²) in [4.78, 5) is 28.6. The molecule has 2 aliphatic heterocycles. The highest BCUT2D eigenvalue weighted by atomic mass is 35.5. The number of piperidine rings is 1. The third-order valence-corrected chi connectivity index (χ3v) is 6.06. The lowest BCUT2D eigenvalue weighted by atomic mass is 9.89. The monoisotopic (exact) mass is 412 g/mol. The molecule has 0 aliphatic carbocycles. The van der Waals surface area contributed by atoms with E-state index in [-0.39, 0.29) is 18.3 Å². The van der Waals surface area contributed by atoms with E-state index in [4.69, 9.17) is 16.3 Å². The Hall–Kier alpha value is -2.37. The highest BCUT2D eigenvalue weighted by Crippen LogP contribution is 2.38. The minimum absolute atomic E-state index is 0.0506. The van der Waals surface area contributed by atoms with Crippen LogP contribution in [0.25, 0.3) is 0 Å². The van der Waals surface area contributed by atoms with Crippen molar-refractivity contribution in [3.05, 3.63) is 58.6 Å². The first-order valence-electron chi connectivity index (χ1n) is 10.1. The SMILES string of the molecule is CC(=O)c1cc(Cl)cc2c1OCC(=O)N2CCN1CCC(c2ccccc2)CC1. The molecule has 1 fully saturated rings. The molecule has 0 N–H and O–H groups in total. The molecule has 1 saturated heterocycles. The Balaban J connectivity index is 1.42. The number of fused-ring (bicyclic) bond motifs is 1. The fraction of sp³-hybridized carbons (Fsp3) is 0.391. The first-order valence-corrected chi connectivity index (χ1v) is 10.5. The average Bonchev–Trinajstić information content (AvgIpc) is 2.73. The fourth-order valence-corrected chi connectivity index (χ4v) is 4.45. The lowest BCUT2D eigenvalue weighted by Crippen LogP contribution is -2.45. The first kappa shape index (κ1) is 19.9. The highest BCUT2D eigenvalue weighted by molar-refractivity contribution is 6.31. The zero-order chi connectivity index (χ0) is 20.4. The van der Waals surface area contributed by atoms with Crippen molar-refractivity contribution in [1.29, 1.82) is 0 Å². The topological polar surface area (TPSA) is 49.9 Å². The smallest absolute Gasteiger partial charge is 0.265 e. The molecule has 1 amide bonds. The van der Waals surface area contributed by atoms with Crippen LogP contribution in [-0.2, 0) is 4.79 Å². The van der Waals surface area contributed by atoms with E-state index in [9.17, 15) is 9.59 Å². The summed E-state index contributed by atoms with van der Waals surface area (Å²) < 4.78 is 5.58. The molecule has 0 unspecified atom stereocenters. The van der Waals surface area contributed by atoms with Gasteiger partial charge >= 0.3 is 0 Å². The highest BCUT2D eigenvalue weighted by Gasteiger charge is 2.30. The number of ether oxygens (including phenoxy) is 1. The number of anilines is 1. The van der Waals surface area contributed by atoms with E-state index >= 15 is 0 Å². The largest absolute Gasteiger partial charge is 0.481 e. The standard InChI is InChI=1S/C23H25ClN2O3/c1-16(27)20-13-19(24)14-21-23(20)29-15-22(28)26(21)12-11-25-9-7-18(8-10-25)17-5-3-2-4-6-17/h2-6,13-14,18H,7-12,15H2,1H3. The summed E-state index contributed by atoms with van der Waals surface area (Å²) in [6, 6.07) is 14.0. The molecule has 5 nitrogen and oxygen atoms in total. The number of nitrogens with zero attached hydrogens (tertiary/aromatic N) is 2. The number of hydrogen-bond donors (Lipinski definition) is 0. The van der Waals surface area contributed by atoms with Crippen molar-refractivity contribution in [3.8, 4) is 5.75 Å². The second-order valence-corrected chi connectivity index (χ2v) is 8.15. The van der Waals surface area contributed by atoms with Crippen LogP contribution in [0.15, 0.2) is 42.5 Å².